The number of benzene rings is 2. The van der Waals surface area contributed by atoms with Crippen molar-refractivity contribution in [3.05, 3.63) is 75.2 Å². The molecule has 0 aliphatic rings. The summed E-state index contributed by atoms with van der Waals surface area (Å²) in [6.07, 6.45) is 1.85. The summed E-state index contributed by atoms with van der Waals surface area (Å²) in [7, 11) is 0. The first-order valence-corrected chi connectivity index (χ1v) is 8.25. The molecule has 1 N–H and O–H groups in total. The normalized spacial score (nSPS) is 10.4. The van der Waals surface area contributed by atoms with E-state index in [4.69, 9.17) is 4.74 Å². The molecule has 0 fully saturated rings. The van der Waals surface area contributed by atoms with E-state index in [-0.39, 0.29) is 0 Å². The van der Waals surface area contributed by atoms with E-state index in [1.54, 1.807) is 0 Å². The molecule has 2 aromatic carbocycles. The van der Waals surface area contributed by atoms with Gasteiger partial charge in [-0.3, -0.25) is 0 Å². The van der Waals surface area contributed by atoms with Crippen LogP contribution in [0.1, 0.15) is 11.1 Å². The Morgan fingerprint density at radius 1 is 1.05 bits per heavy atom. The van der Waals surface area contributed by atoms with E-state index < -0.39 is 0 Å². The molecule has 0 aliphatic heterocycles. The predicted molar refractivity (Wildman–Crippen MR) is 94.5 cm³/mol. The maximum Gasteiger partial charge on any atom is 0.148 e. The number of hydrogen-bond donors (Lipinski definition) is 1. The van der Waals surface area contributed by atoms with Crippen molar-refractivity contribution in [1.29, 1.82) is 0 Å². The molecule has 2 rings (SSSR count). The van der Waals surface area contributed by atoms with Crippen molar-refractivity contribution in [1.82, 2.24) is 5.32 Å². The fourth-order valence-corrected chi connectivity index (χ4v) is 3.41. The van der Waals surface area contributed by atoms with Crippen LogP contribution in [0.5, 0.6) is 5.75 Å². The Morgan fingerprint density at radius 2 is 1.71 bits per heavy atom. The summed E-state index contributed by atoms with van der Waals surface area (Å²) in [6.45, 7) is 5.83. The van der Waals surface area contributed by atoms with Crippen molar-refractivity contribution >= 4 is 31.9 Å². The summed E-state index contributed by atoms with van der Waals surface area (Å²) < 4.78 is 7.80. The Bertz CT molecular complexity index is 576. The number of halogens is 2. The third-order valence-corrected chi connectivity index (χ3v) is 4.08. The van der Waals surface area contributed by atoms with E-state index in [1.165, 1.54) is 5.56 Å². The van der Waals surface area contributed by atoms with Gasteiger partial charge in [0.2, 0.25) is 0 Å². The topological polar surface area (TPSA) is 21.3 Å². The largest absolute Gasteiger partial charge is 0.487 e. The number of nitrogens with one attached hydrogen (secondary N) is 1. The number of rotatable bonds is 7. The van der Waals surface area contributed by atoms with Crippen molar-refractivity contribution in [2.75, 3.05) is 6.54 Å². The molecule has 0 saturated carbocycles. The maximum absolute atomic E-state index is 5.90. The van der Waals surface area contributed by atoms with Gasteiger partial charge in [-0.15, -0.1) is 6.58 Å². The maximum atomic E-state index is 5.90. The molecular formula is C17H17Br2NO. The average molecular weight is 411 g/mol. The fraction of sp³-hybridized carbons (Fsp3) is 0.176. The van der Waals surface area contributed by atoms with Crippen LogP contribution in [-0.4, -0.2) is 6.54 Å². The summed E-state index contributed by atoms with van der Waals surface area (Å²) in [5, 5.41) is 3.28. The van der Waals surface area contributed by atoms with Gasteiger partial charge < -0.3 is 10.1 Å². The van der Waals surface area contributed by atoms with Crippen LogP contribution in [-0.2, 0) is 13.2 Å². The molecule has 2 aromatic rings. The average Bonchev–Trinajstić information content (AvgIpc) is 2.48. The van der Waals surface area contributed by atoms with Crippen LogP contribution in [0.15, 0.2) is 64.1 Å². The van der Waals surface area contributed by atoms with Gasteiger partial charge in [0.25, 0.3) is 0 Å². The Hall–Kier alpha value is -1.10. The molecule has 0 unspecified atom stereocenters. The van der Waals surface area contributed by atoms with E-state index >= 15 is 0 Å². The molecule has 0 saturated heterocycles. The van der Waals surface area contributed by atoms with Gasteiger partial charge in [-0.25, -0.2) is 0 Å². The second-order valence-electron chi connectivity index (χ2n) is 4.58. The highest BCUT2D eigenvalue weighted by Gasteiger charge is 2.09. The standard InChI is InChI=1S/C17H17Br2NO/c1-2-8-20-11-14-9-15(18)17(16(19)10-14)21-12-13-6-4-3-5-7-13/h2-7,9-10,20H,1,8,11-12H2. The zero-order valence-electron chi connectivity index (χ0n) is 11.6. The Morgan fingerprint density at radius 3 is 2.33 bits per heavy atom. The van der Waals surface area contributed by atoms with E-state index in [2.05, 4.69) is 68.0 Å². The number of hydrogen-bond acceptors (Lipinski definition) is 2. The fourth-order valence-electron chi connectivity index (χ4n) is 1.90. The zero-order valence-corrected chi connectivity index (χ0v) is 14.8. The molecule has 0 aromatic heterocycles. The van der Waals surface area contributed by atoms with E-state index in [1.807, 2.05) is 24.3 Å². The van der Waals surface area contributed by atoms with Crippen LogP contribution in [0.4, 0.5) is 0 Å². The SMILES string of the molecule is C=CCNCc1cc(Br)c(OCc2ccccc2)c(Br)c1. The minimum absolute atomic E-state index is 0.548. The molecule has 4 heteroatoms. The Balaban J connectivity index is 2.04. The Kier molecular flexibility index (Phi) is 6.49. The third-order valence-electron chi connectivity index (χ3n) is 2.90. The van der Waals surface area contributed by atoms with Crippen LogP contribution in [0, 0.1) is 0 Å². The van der Waals surface area contributed by atoms with Gasteiger partial charge in [0.1, 0.15) is 12.4 Å². The van der Waals surface area contributed by atoms with Gasteiger partial charge in [-0.05, 0) is 55.1 Å². The number of ether oxygens (including phenoxy) is 1. The monoisotopic (exact) mass is 409 g/mol. The summed E-state index contributed by atoms with van der Waals surface area (Å²) >= 11 is 7.16. The van der Waals surface area contributed by atoms with Crippen molar-refractivity contribution in [3.63, 3.8) is 0 Å². The lowest BCUT2D eigenvalue weighted by Crippen LogP contribution is -2.12. The highest BCUT2D eigenvalue weighted by Crippen LogP contribution is 2.35. The van der Waals surface area contributed by atoms with Gasteiger partial charge in [-0.1, -0.05) is 36.4 Å². The summed E-state index contributed by atoms with van der Waals surface area (Å²) in [6, 6.07) is 14.3. The first-order valence-electron chi connectivity index (χ1n) is 6.67. The van der Waals surface area contributed by atoms with Crippen molar-refractivity contribution in [3.8, 4) is 5.75 Å². The molecule has 0 amide bonds. The quantitative estimate of drug-likeness (QED) is 0.508. The van der Waals surface area contributed by atoms with Crippen LogP contribution in [0.2, 0.25) is 0 Å². The summed E-state index contributed by atoms with van der Waals surface area (Å²) in [5.74, 6) is 0.825. The minimum Gasteiger partial charge on any atom is -0.487 e. The van der Waals surface area contributed by atoms with Crippen LogP contribution in [0.3, 0.4) is 0 Å². The van der Waals surface area contributed by atoms with Gasteiger partial charge in [0, 0.05) is 13.1 Å². The molecule has 0 spiro atoms. The van der Waals surface area contributed by atoms with Crippen LogP contribution < -0.4 is 10.1 Å². The van der Waals surface area contributed by atoms with Crippen molar-refractivity contribution in [2.45, 2.75) is 13.2 Å². The molecule has 110 valence electrons. The van der Waals surface area contributed by atoms with Gasteiger partial charge in [-0.2, -0.15) is 0 Å². The van der Waals surface area contributed by atoms with E-state index in [0.717, 1.165) is 33.3 Å². The third kappa shape index (κ3) is 4.99. The Labute approximate surface area is 142 Å². The summed E-state index contributed by atoms with van der Waals surface area (Å²) in [4.78, 5) is 0. The van der Waals surface area contributed by atoms with Gasteiger partial charge in [0.05, 0.1) is 8.95 Å². The van der Waals surface area contributed by atoms with Crippen molar-refractivity contribution < 1.29 is 4.74 Å². The highest BCUT2D eigenvalue weighted by atomic mass is 79.9. The second-order valence-corrected chi connectivity index (χ2v) is 6.29. The second kappa shape index (κ2) is 8.37. The lowest BCUT2D eigenvalue weighted by Gasteiger charge is -2.12. The molecule has 2 nitrogen and oxygen atoms in total. The first-order chi connectivity index (χ1) is 10.2. The van der Waals surface area contributed by atoms with E-state index in [0.29, 0.717) is 6.61 Å². The first kappa shape index (κ1) is 16.3. The van der Waals surface area contributed by atoms with Crippen molar-refractivity contribution in [2.24, 2.45) is 0 Å². The molecule has 0 bridgehead atoms. The van der Waals surface area contributed by atoms with E-state index in [9.17, 15) is 0 Å². The predicted octanol–water partition coefficient (Wildman–Crippen LogP) is 5.07. The molecular weight excluding hydrogens is 394 g/mol. The lowest BCUT2D eigenvalue weighted by atomic mass is 10.2. The summed E-state index contributed by atoms with van der Waals surface area (Å²) in [5.41, 5.74) is 2.33. The van der Waals surface area contributed by atoms with Gasteiger partial charge >= 0.3 is 0 Å². The highest BCUT2D eigenvalue weighted by molar-refractivity contribution is 9.11. The molecule has 0 aliphatic carbocycles. The van der Waals surface area contributed by atoms with Crippen LogP contribution in [0.25, 0.3) is 0 Å². The molecule has 0 heterocycles. The van der Waals surface area contributed by atoms with Crippen LogP contribution >= 0.6 is 31.9 Å². The molecule has 0 atom stereocenters. The smallest absolute Gasteiger partial charge is 0.148 e. The zero-order chi connectivity index (χ0) is 15.1. The minimum atomic E-state index is 0.548. The molecule has 0 radical (unpaired) electrons. The van der Waals surface area contributed by atoms with Gasteiger partial charge in [0.15, 0.2) is 0 Å². The molecule has 21 heavy (non-hydrogen) atoms. The lowest BCUT2D eigenvalue weighted by molar-refractivity contribution is 0.302.